The SMILES string of the molecule is [CH2]C(COC(=O)[C@H](CC(=O)OCc1ccccc1)NC(=O)OCc1ccccc1)OC(=O)[C@H](CC(=O)OCc1ccccc1)NC(=O)OCc1ccccc1.[NaH]. The van der Waals surface area contributed by atoms with E-state index in [-0.39, 0.29) is 56.0 Å². The van der Waals surface area contributed by atoms with Crippen LogP contribution in [0.1, 0.15) is 35.1 Å². The van der Waals surface area contributed by atoms with Crippen LogP contribution >= 0.6 is 0 Å². The second kappa shape index (κ2) is 24.7. The summed E-state index contributed by atoms with van der Waals surface area (Å²) in [6.07, 6.45) is -4.62. The Kier molecular flexibility index (Phi) is 19.7. The van der Waals surface area contributed by atoms with Crippen LogP contribution < -0.4 is 10.6 Å². The predicted octanol–water partition coefficient (Wildman–Crippen LogP) is 4.48. The monoisotopic (exact) mass is 777 g/mol. The molecule has 0 aromatic heterocycles. The first-order valence-electron chi connectivity index (χ1n) is 17.2. The van der Waals surface area contributed by atoms with E-state index in [2.05, 4.69) is 17.6 Å². The van der Waals surface area contributed by atoms with Gasteiger partial charge in [-0.3, -0.25) is 9.59 Å². The van der Waals surface area contributed by atoms with E-state index in [9.17, 15) is 28.8 Å². The van der Waals surface area contributed by atoms with Gasteiger partial charge in [0.1, 0.15) is 51.2 Å². The van der Waals surface area contributed by atoms with Gasteiger partial charge in [0, 0.05) is 0 Å². The summed E-state index contributed by atoms with van der Waals surface area (Å²) in [5.74, 6) is -3.83. The third-order valence-corrected chi connectivity index (χ3v) is 7.50. The van der Waals surface area contributed by atoms with E-state index in [1.54, 1.807) is 121 Å². The van der Waals surface area contributed by atoms with Crippen molar-refractivity contribution >= 4 is 65.6 Å². The Labute approximate surface area is 346 Å². The fraction of sp³-hybridized carbons (Fsp3) is 0.244. The molecule has 0 spiro atoms. The Morgan fingerprint density at radius 2 is 0.786 bits per heavy atom. The number of ether oxygens (including phenoxy) is 6. The average molecular weight is 778 g/mol. The van der Waals surface area contributed by atoms with Crippen molar-refractivity contribution in [1.29, 1.82) is 0 Å². The van der Waals surface area contributed by atoms with E-state index in [1.165, 1.54) is 0 Å². The summed E-state index contributed by atoms with van der Waals surface area (Å²) in [6, 6.07) is 32.1. The van der Waals surface area contributed by atoms with Crippen molar-refractivity contribution in [2.75, 3.05) is 6.61 Å². The van der Waals surface area contributed by atoms with Gasteiger partial charge < -0.3 is 39.1 Å². The minimum absolute atomic E-state index is 0. The van der Waals surface area contributed by atoms with Crippen molar-refractivity contribution in [2.24, 2.45) is 0 Å². The van der Waals surface area contributed by atoms with E-state index in [0.29, 0.717) is 22.3 Å². The maximum atomic E-state index is 13.2. The summed E-state index contributed by atoms with van der Waals surface area (Å²) < 4.78 is 31.5. The molecule has 2 N–H and O–H groups in total. The number of esters is 4. The molecule has 0 saturated heterocycles. The van der Waals surface area contributed by atoms with Crippen molar-refractivity contribution in [3.05, 3.63) is 151 Å². The molecule has 4 aromatic rings. The molecule has 0 fully saturated rings. The van der Waals surface area contributed by atoms with Crippen molar-refractivity contribution in [3.63, 3.8) is 0 Å². The molecule has 1 radical (unpaired) electrons. The molecule has 56 heavy (non-hydrogen) atoms. The van der Waals surface area contributed by atoms with Gasteiger partial charge in [0.2, 0.25) is 0 Å². The average Bonchev–Trinajstić information content (AvgIpc) is 3.20. The van der Waals surface area contributed by atoms with E-state index in [0.717, 1.165) is 0 Å². The summed E-state index contributed by atoms with van der Waals surface area (Å²) >= 11 is 0. The third-order valence-electron chi connectivity index (χ3n) is 7.50. The van der Waals surface area contributed by atoms with Crippen LogP contribution in [-0.4, -0.2) is 90.4 Å². The first-order chi connectivity index (χ1) is 26.6. The third kappa shape index (κ3) is 17.2. The van der Waals surface area contributed by atoms with Gasteiger partial charge >= 0.3 is 65.6 Å². The van der Waals surface area contributed by atoms with Crippen LogP contribution in [-0.2, 0) is 74.0 Å². The second-order valence-corrected chi connectivity index (χ2v) is 11.9. The molecule has 1 unspecified atom stereocenters. The summed E-state index contributed by atoms with van der Waals surface area (Å²) in [7, 11) is 0. The molecular formula is C41H42N2NaO12. The fourth-order valence-corrected chi connectivity index (χ4v) is 4.68. The topological polar surface area (TPSA) is 182 Å². The fourth-order valence-electron chi connectivity index (χ4n) is 4.68. The number of hydrogen-bond acceptors (Lipinski definition) is 12. The molecule has 0 aliphatic carbocycles. The van der Waals surface area contributed by atoms with Crippen molar-refractivity contribution in [1.82, 2.24) is 10.6 Å². The number of benzene rings is 4. The molecule has 3 atom stereocenters. The van der Waals surface area contributed by atoms with Gasteiger partial charge in [0.15, 0.2) is 0 Å². The zero-order valence-electron chi connectivity index (χ0n) is 29.8. The van der Waals surface area contributed by atoms with Crippen LogP contribution in [0, 0.1) is 6.92 Å². The number of rotatable bonds is 19. The Morgan fingerprint density at radius 3 is 1.14 bits per heavy atom. The molecule has 15 heteroatoms. The first kappa shape index (κ1) is 44.7. The van der Waals surface area contributed by atoms with Crippen LogP contribution in [0.3, 0.4) is 0 Å². The molecule has 4 aromatic carbocycles. The Morgan fingerprint density at radius 1 is 0.464 bits per heavy atom. The molecular weight excluding hydrogens is 735 g/mol. The molecule has 0 saturated carbocycles. The van der Waals surface area contributed by atoms with Gasteiger partial charge in [-0.1, -0.05) is 121 Å². The molecule has 2 amide bonds. The molecule has 4 rings (SSSR count). The Bertz CT molecular complexity index is 1720. The zero-order chi connectivity index (χ0) is 39.3. The van der Waals surface area contributed by atoms with Gasteiger partial charge in [0.25, 0.3) is 0 Å². The Balaban J connectivity index is 0.00000841. The molecule has 0 aliphatic rings. The van der Waals surface area contributed by atoms with E-state index in [4.69, 9.17) is 28.4 Å². The maximum absolute atomic E-state index is 13.2. The molecule has 0 bridgehead atoms. The van der Waals surface area contributed by atoms with Gasteiger partial charge in [-0.15, -0.1) is 0 Å². The molecule has 0 aliphatic heterocycles. The standard InChI is InChI=1S/C41H41N2O12.Na.H/c1-29(55-39(47)35(23-37(45)51-26-31-16-8-3-9-17-31)43-41(49)54-28-33-20-12-5-13-21-33)24-52-38(46)34(22-36(44)50-25-30-14-6-2-7-15-30)42-40(48)53-27-32-18-10-4-11-19-32;;/h2-21,29,34-35H,1,22-28H2,(H,42,48)(H,43,49);;/t29?,34-,35-;;/m0../s1. The summed E-state index contributed by atoms with van der Waals surface area (Å²) in [5.41, 5.74) is 2.77. The number of hydrogen-bond donors (Lipinski definition) is 2. The second-order valence-electron chi connectivity index (χ2n) is 11.9. The van der Waals surface area contributed by atoms with Crippen LogP contribution in [0.2, 0.25) is 0 Å². The number of nitrogens with one attached hydrogen (secondary N) is 2. The van der Waals surface area contributed by atoms with Gasteiger partial charge in [-0.25, -0.2) is 19.2 Å². The molecule has 14 nitrogen and oxygen atoms in total. The molecule has 0 heterocycles. The van der Waals surface area contributed by atoms with E-state index in [1.807, 2.05) is 0 Å². The number of amides is 2. The summed E-state index contributed by atoms with van der Waals surface area (Å²) in [6.45, 7) is 2.64. The normalized spacial score (nSPS) is 11.9. The summed E-state index contributed by atoms with van der Waals surface area (Å²) in [4.78, 5) is 77.0. The van der Waals surface area contributed by atoms with E-state index >= 15 is 0 Å². The number of alkyl carbamates (subject to hydrolysis) is 2. The molecule has 289 valence electrons. The van der Waals surface area contributed by atoms with Crippen molar-refractivity contribution in [3.8, 4) is 0 Å². The minimum atomic E-state index is -1.57. The quantitative estimate of drug-likeness (QED) is 0.0775. The van der Waals surface area contributed by atoms with E-state index < -0.39 is 73.7 Å². The van der Waals surface area contributed by atoms with Crippen molar-refractivity contribution < 1.29 is 57.2 Å². The number of carbonyl (C=O) groups is 6. The van der Waals surface area contributed by atoms with Gasteiger partial charge in [-0.05, 0) is 29.2 Å². The Hall–Kier alpha value is -5.70. The number of carbonyl (C=O) groups excluding carboxylic acids is 6. The predicted molar refractivity (Wildman–Crippen MR) is 202 cm³/mol. The summed E-state index contributed by atoms with van der Waals surface area (Å²) in [5, 5.41) is 4.62. The van der Waals surface area contributed by atoms with Crippen molar-refractivity contribution in [2.45, 2.75) is 57.5 Å². The van der Waals surface area contributed by atoms with Crippen LogP contribution in [0.4, 0.5) is 9.59 Å². The van der Waals surface area contributed by atoms with Crippen LogP contribution in [0.5, 0.6) is 0 Å². The zero-order valence-corrected chi connectivity index (χ0v) is 29.8. The van der Waals surface area contributed by atoms with Gasteiger partial charge in [0.05, 0.1) is 12.8 Å². The van der Waals surface area contributed by atoms with Gasteiger partial charge in [-0.2, -0.15) is 0 Å². The van der Waals surface area contributed by atoms with Crippen LogP contribution in [0.15, 0.2) is 121 Å². The van der Waals surface area contributed by atoms with Crippen LogP contribution in [0.25, 0.3) is 0 Å². The first-order valence-corrected chi connectivity index (χ1v) is 17.2.